The normalized spacial score (nSPS) is 20.6. The van der Waals surface area contributed by atoms with Gasteiger partial charge < -0.3 is 15.4 Å². The molecule has 1 amide bonds. The molecular formula is C18H27N3O4. The first-order valence-corrected chi connectivity index (χ1v) is 8.66. The van der Waals surface area contributed by atoms with Gasteiger partial charge in [-0.15, -0.1) is 0 Å². The average Bonchev–Trinajstić information content (AvgIpc) is 2.47. The predicted molar refractivity (Wildman–Crippen MR) is 96.9 cm³/mol. The molecule has 25 heavy (non-hydrogen) atoms. The number of hydrogen-bond acceptors (Lipinski definition) is 5. The number of carbonyl (C=O) groups is 1. The fourth-order valence-electron chi connectivity index (χ4n) is 3.12. The zero-order valence-corrected chi connectivity index (χ0v) is 15.3. The molecule has 1 aromatic rings. The number of rotatable bonds is 4. The highest BCUT2D eigenvalue weighted by molar-refractivity contribution is 5.68. The summed E-state index contributed by atoms with van der Waals surface area (Å²) in [4.78, 5) is 22.8. The van der Waals surface area contributed by atoms with Crippen molar-refractivity contribution < 1.29 is 14.5 Å². The lowest BCUT2D eigenvalue weighted by Gasteiger charge is -2.31. The molecular weight excluding hydrogens is 322 g/mol. The predicted octanol–water partition coefficient (Wildman–Crippen LogP) is 4.15. The number of nitrogens with zero attached hydrogens (tertiary/aromatic N) is 1. The van der Waals surface area contributed by atoms with Crippen molar-refractivity contribution in [1.29, 1.82) is 0 Å². The van der Waals surface area contributed by atoms with Crippen LogP contribution in [0.3, 0.4) is 0 Å². The van der Waals surface area contributed by atoms with Crippen molar-refractivity contribution in [2.24, 2.45) is 0 Å². The molecule has 2 rings (SSSR count). The van der Waals surface area contributed by atoms with Crippen molar-refractivity contribution in [3.63, 3.8) is 0 Å². The van der Waals surface area contributed by atoms with Gasteiger partial charge in [0, 0.05) is 18.2 Å². The number of amides is 1. The van der Waals surface area contributed by atoms with Crippen LogP contribution in [0.1, 0.15) is 52.0 Å². The molecule has 7 nitrogen and oxygen atoms in total. The summed E-state index contributed by atoms with van der Waals surface area (Å²) in [6.07, 6.45) is 3.04. The van der Waals surface area contributed by atoms with Crippen LogP contribution >= 0.6 is 0 Å². The summed E-state index contributed by atoms with van der Waals surface area (Å²) >= 11 is 0. The first kappa shape index (κ1) is 19.0. The van der Waals surface area contributed by atoms with Gasteiger partial charge in [-0.2, -0.15) is 0 Å². The van der Waals surface area contributed by atoms with Crippen LogP contribution < -0.4 is 10.6 Å². The second-order valence-corrected chi connectivity index (χ2v) is 7.58. The Morgan fingerprint density at radius 3 is 2.60 bits per heavy atom. The molecule has 1 aliphatic rings. The molecule has 0 spiro atoms. The van der Waals surface area contributed by atoms with Gasteiger partial charge >= 0.3 is 6.09 Å². The van der Waals surface area contributed by atoms with Crippen LogP contribution in [0.25, 0.3) is 0 Å². The molecule has 1 aromatic carbocycles. The van der Waals surface area contributed by atoms with Crippen LogP contribution in [0.4, 0.5) is 16.2 Å². The molecule has 1 aliphatic carbocycles. The van der Waals surface area contributed by atoms with Crippen molar-refractivity contribution >= 4 is 17.5 Å². The van der Waals surface area contributed by atoms with E-state index in [1.807, 2.05) is 33.8 Å². The Bertz CT molecular complexity index is 640. The first-order valence-electron chi connectivity index (χ1n) is 8.66. The molecule has 0 radical (unpaired) electrons. The van der Waals surface area contributed by atoms with Crippen molar-refractivity contribution in [1.82, 2.24) is 5.32 Å². The van der Waals surface area contributed by atoms with Crippen molar-refractivity contribution in [3.8, 4) is 0 Å². The first-order chi connectivity index (χ1) is 11.7. The van der Waals surface area contributed by atoms with E-state index in [-0.39, 0.29) is 22.7 Å². The Labute approximate surface area is 148 Å². The van der Waals surface area contributed by atoms with Gasteiger partial charge in [0.15, 0.2) is 0 Å². The zero-order chi connectivity index (χ0) is 18.6. The van der Waals surface area contributed by atoms with Gasteiger partial charge in [0.1, 0.15) is 11.3 Å². The Morgan fingerprint density at radius 2 is 1.96 bits per heavy atom. The minimum atomic E-state index is -0.530. The van der Waals surface area contributed by atoms with Crippen LogP contribution in [-0.2, 0) is 4.74 Å². The van der Waals surface area contributed by atoms with Crippen molar-refractivity contribution in [3.05, 3.63) is 33.9 Å². The van der Waals surface area contributed by atoms with E-state index in [0.717, 1.165) is 24.8 Å². The molecule has 0 bridgehead atoms. The van der Waals surface area contributed by atoms with E-state index in [1.54, 1.807) is 6.07 Å². The minimum Gasteiger partial charge on any atom is -0.444 e. The number of alkyl carbamates (subject to hydrolysis) is 1. The largest absolute Gasteiger partial charge is 0.444 e. The van der Waals surface area contributed by atoms with E-state index in [9.17, 15) is 14.9 Å². The lowest BCUT2D eigenvalue weighted by atomic mass is 9.90. The summed E-state index contributed by atoms with van der Waals surface area (Å²) in [5.41, 5.74) is 0.965. The topological polar surface area (TPSA) is 93.5 Å². The van der Waals surface area contributed by atoms with E-state index >= 15 is 0 Å². The highest BCUT2D eigenvalue weighted by Crippen LogP contribution is 2.31. The smallest absolute Gasteiger partial charge is 0.407 e. The molecule has 1 fully saturated rings. The van der Waals surface area contributed by atoms with Gasteiger partial charge in [-0.05, 0) is 58.9 Å². The standard InChI is InChI=1S/C18H27N3O4/c1-12-7-5-10-15(21(23)24)16(12)19-13-8-6-9-14(11-13)20-17(22)25-18(2,3)4/h5,7,10,13-14,19H,6,8-9,11H2,1-4H3,(H,20,22). The molecule has 2 unspecified atom stereocenters. The van der Waals surface area contributed by atoms with Crippen LogP contribution in [0.2, 0.25) is 0 Å². The highest BCUT2D eigenvalue weighted by atomic mass is 16.6. The number of nitrogens with one attached hydrogen (secondary N) is 2. The summed E-state index contributed by atoms with van der Waals surface area (Å²) in [7, 11) is 0. The number of nitro groups is 1. The summed E-state index contributed by atoms with van der Waals surface area (Å²) in [5, 5.41) is 17.5. The maximum absolute atomic E-state index is 11.9. The van der Waals surface area contributed by atoms with Crippen LogP contribution in [0.15, 0.2) is 18.2 Å². The summed E-state index contributed by atoms with van der Waals surface area (Å²) in [6, 6.07) is 5.13. The Hall–Kier alpha value is -2.31. The number of benzene rings is 1. The van der Waals surface area contributed by atoms with Crippen molar-refractivity contribution in [2.45, 2.75) is 71.1 Å². The Morgan fingerprint density at radius 1 is 1.28 bits per heavy atom. The Balaban J connectivity index is 2.01. The number of nitro benzene ring substituents is 1. The number of hydrogen-bond donors (Lipinski definition) is 2. The SMILES string of the molecule is Cc1cccc([N+](=O)[O-])c1NC1CCCC(NC(=O)OC(C)(C)C)C1. The van der Waals surface area contributed by atoms with Gasteiger partial charge in [0.2, 0.25) is 0 Å². The monoisotopic (exact) mass is 349 g/mol. The molecule has 0 aromatic heterocycles. The lowest BCUT2D eigenvalue weighted by molar-refractivity contribution is -0.384. The highest BCUT2D eigenvalue weighted by Gasteiger charge is 2.27. The molecule has 0 saturated heterocycles. The molecule has 7 heteroatoms. The van der Waals surface area contributed by atoms with Gasteiger partial charge in [-0.1, -0.05) is 12.1 Å². The van der Waals surface area contributed by atoms with E-state index in [2.05, 4.69) is 10.6 Å². The summed E-state index contributed by atoms with van der Waals surface area (Å²) in [5.74, 6) is 0. The second-order valence-electron chi connectivity index (χ2n) is 7.58. The lowest BCUT2D eigenvalue weighted by Crippen LogP contribution is -2.44. The van der Waals surface area contributed by atoms with Crippen LogP contribution in [-0.4, -0.2) is 28.7 Å². The quantitative estimate of drug-likeness (QED) is 0.629. The molecule has 2 atom stereocenters. The third-order valence-corrected chi connectivity index (χ3v) is 4.19. The number of anilines is 1. The van der Waals surface area contributed by atoms with Crippen molar-refractivity contribution in [2.75, 3.05) is 5.32 Å². The molecule has 0 aliphatic heterocycles. The molecule has 138 valence electrons. The van der Waals surface area contributed by atoms with Crippen LogP contribution in [0.5, 0.6) is 0 Å². The van der Waals surface area contributed by atoms with Gasteiger partial charge in [0.05, 0.1) is 4.92 Å². The Kier molecular flexibility index (Phi) is 5.87. The molecule has 2 N–H and O–H groups in total. The maximum atomic E-state index is 11.9. The van der Waals surface area contributed by atoms with Gasteiger partial charge in [-0.25, -0.2) is 4.79 Å². The number of carbonyl (C=O) groups excluding carboxylic acids is 1. The zero-order valence-electron chi connectivity index (χ0n) is 15.3. The molecule has 0 heterocycles. The number of aryl methyl sites for hydroxylation is 1. The molecule has 1 saturated carbocycles. The maximum Gasteiger partial charge on any atom is 0.407 e. The van der Waals surface area contributed by atoms with E-state index in [0.29, 0.717) is 12.1 Å². The van der Waals surface area contributed by atoms with Crippen LogP contribution in [0, 0.1) is 17.0 Å². The van der Waals surface area contributed by atoms with E-state index in [4.69, 9.17) is 4.74 Å². The fraction of sp³-hybridized carbons (Fsp3) is 0.611. The number of ether oxygens (including phenoxy) is 1. The van der Waals surface area contributed by atoms with Gasteiger partial charge in [-0.3, -0.25) is 10.1 Å². The average molecular weight is 349 g/mol. The second kappa shape index (κ2) is 7.72. The van der Waals surface area contributed by atoms with E-state index < -0.39 is 11.7 Å². The minimum absolute atomic E-state index is 0.00387. The van der Waals surface area contributed by atoms with E-state index in [1.165, 1.54) is 6.07 Å². The third kappa shape index (κ3) is 5.62. The summed E-state index contributed by atoms with van der Waals surface area (Å²) < 4.78 is 5.30. The fourth-order valence-corrected chi connectivity index (χ4v) is 3.12. The number of para-hydroxylation sites is 1. The summed E-state index contributed by atoms with van der Waals surface area (Å²) in [6.45, 7) is 7.34. The third-order valence-electron chi connectivity index (χ3n) is 4.19. The van der Waals surface area contributed by atoms with Gasteiger partial charge in [0.25, 0.3) is 5.69 Å².